The molecule has 0 bridgehead atoms. The Morgan fingerprint density at radius 2 is 1.79 bits per heavy atom. The lowest BCUT2D eigenvalue weighted by molar-refractivity contribution is -0.117. The standard InChI is InChI=1S/C35H39F2N7O4/c1-23(2)44-32(17-40-34(44)45)25-3-8-27(9-4-25)43-14-13-38-16-31(43)24-5-10-28(11-6-24)46-18-33-47-20-35(48-33,19-42-22-39-21-41-42)29-12-7-26(36)15-30(29)37/h3-12,15,21-23,31-33,38H,13-14,16-20H2,1-2H3,(H,40,45). The molecule has 0 aliphatic carbocycles. The number of ether oxygens (including phenoxy) is 3. The predicted molar refractivity (Wildman–Crippen MR) is 173 cm³/mol. The Bertz CT molecular complexity index is 1710. The Balaban J connectivity index is 1.00. The van der Waals surface area contributed by atoms with Crippen LogP contribution in [0.2, 0.25) is 0 Å². The van der Waals surface area contributed by atoms with Gasteiger partial charge < -0.3 is 34.6 Å². The van der Waals surface area contributed by atoms with Gasteiger partial charge in [-0.2, -0.15) is 5.10 Å². The molecule has 4 aromatic rings. The smallest absolute Gasteiger partial charge is 0.318 e. The Labute approximate surface area is 277 Å². The molecule has 3 aliphatic heterocycles. The second-order valence-corrected chi connectivity index (χ2v) is 12.7. The van der Waals surface area contributed by atoms with Crippen LogP contribution in [0.3, 0.4) is 0 Å². The highest BCUT2D eigenvalue weighted by Crippen LogP contribution is 2.38. The van der Waals surface area contributed by atoms with Crippen LogP contribution in [0.15, 0.2) is 79.4 Å². The highest BCUT2D eigenvalue weighted by Gasteiger charge is 2.46. The van der Waals surface area contributed by atoms with Crippen molar-refractivity contribution in [3.63, 3.8) is 0 Å². The zero-order chi connectivity index (χ0) is 33.3. The molecule has 0 saturated carbocycles. The maximum atomic E-state index is 14.9. The maximum absolute atomic E-state index is 14.9. The summed E-state index contributed by atoms with van der Waals surface area (Å²) in [4.78, 5) is 20.6. The van der Waals surface area contributed by atoms with Crippen molar-refractivity contribution in [1.29, 1.82) is 0 Å². The molecule has 0 spiro atoms. The van der Waals surface area contributed by atoms with Gasteiger partial charge in [0.1, 0.15) is 42.2 Å². The van der Waals surface area contributed by atoms with E-state index in [9.17, 15) is 13.6 Å². The van der Waals surface area contributed by atoms with Crippen molar-refractivity contribution in [1.82, 2.24) is 30.3 Å². The fraction of sp³-hybridized carbons (Fsp3) is 0.400. The second-order valence-electron chi connectivity index (χ2n) is 12.7. The number of benzene rings is 3. The van der Waals surface area contributed by atoms with Crippen molar-refractivity contribution in [3.05, 3.63) is 108 Å². The monoisotopic (exact) mass is 659 g/mol. The number of carbonyl (C=O) groups is 1. The van der Waals surface area contributed by atoms with Crippen LogP contribution in [0, 0.1) is 11.6 Å². The molecule has 2 amide bonds. The molecular weight excluding hydrogens is 620 g/mol. The van der Waals surface area contributed by atoms with E-state index in [-0.39, 0.29) is 49.5 Å². The summed E-state index contributed by atoms with van der Waals surface area (Å²) in [5.41, 5.74) is 2.32. The van der Waals surface area contributed by atoms with Gasteiger partial charge in [-0.05, 0) is 55.3 Å². The van der Waals surface area contributed by atoms with Crippen LogP contribution >= 0.6 is 0 Å². The summed E-state index contributed by atoms with van der Waals surface area (Å²) in [5.74, 6) is -0.756. The predicted octanol–water partition coefficient (Wildman–Crippen LogP) is 4.53. The van der Waals surface area contributed by atoms with Gasteiger partial charge in [-0.25, -0.2) is 23.2 Å². The summed E-state index contributed by atoms with van der Waals surface area (Å²) in [7, 11) is 0. The molecule has 3 fully saturated rings. The van der Waals surface area contributed by atoms with E-state index in [2.05, 4.69) is 62.0 Å². The molecule has 3 aromatic carbocycles. The molecule has 252 valence electrons. The van der Waals surface area contributed by atoms with Gasteiger partial charge in [-0.3, -0.25) is 0 Å². The fourth-order valence-electron chi connectivity index (χ4n) is 6.91. The van der Waals surface area contributed by atoms with E-state index in [1.54, 1.807) is 0 Å². The van der Waals surface area contributed by atoms with Crippen molar-refractivity contribution >= 4 is 11.7 Å². The Hall–Kier alpha value is -4.59. The number of aromatic nitrogens is 3. The van der Waals surface area contributed by atoms with E-state index in [4.69, 9.17) is 14.2 Å². The lowest BCUT2D eigenvalue weighted by Gasteiger charge is -2.38. The molecule has 4 atom stereocenters. The van der Waals surface area contributed by atoms with Crippen molar-refractivity contribution in [2.24, 2.45) is 0 Å². The van der Waals surface area contributed by atoms with E-state index in [0.717, 1.165) is 42.5 Å². The minimum atomic E-state index is -1.24. The van der Waals surface area contributed by atoms with Gasteiger partial charge in [0.15, 0.2) is 6.29 Å². The minimum Gasteiger partial charge on any atom is -0.488 e. The summed E-state index contributed by atoms with van der Waals surface area (Å²) in [5, 5.41) is 10.6. The quantitative estimate of drug-likeness (QED) is 0.256. The minimum absolute atomic E-state index is 0.0198. The van der Waals surface area contributed by atoms with Gasteiger partial charge in [0.05, 0.1) is 25.2 Å². The number of hydrogen-bond acceptors (Lipinski definition) is 8. The number of urea groups is 1. The van der Waals surface area contributed by atoms with Crippen LogP contribution in [0.1, 0.15) is 42.6 Å². The number of halogens is 2. The molecule has 3 saturated heterocycles. The summed E-state index contributed by atoms with van der Waals surface area (Å²) in [6.45, 7) is 7.43. The summed E-state index contributed by atoms with van der Waals surface area (Å²) < 4.78 is 48.4. The summed E-state index contributed by atoms with van der Waals surface area (Å²) in [6, 6.07) is 20.2. The molecule has 0 radical (unpaired) electrons. The summed E-state index contributed by atoms with van der Waals surface area (Å²) >= 11 is 0. The molecule has 1 aromatic heterocycles. The van der Waals surface area contributed by atoms with Gasteiger partial charge in [0, 0.05) is 49.5 Å². The molecule has 13 heteroatoms. The number of piperazine rings is 1. The van der Waals surface area contributed by atoms with Gasteiger partial charge in [0.2, 0.25) is 0 Å². The number of amides is 2. The normalized spacial score (nSPS) is 24.4. The highest BCUT2D eigenvalue weighted by molar-refractivity contribution is 5.77. The lowest BCUT2D eigenvalue weighted by atomic mass is 9.94. The Kier molecular flexibility index (Phi) is 8.99. The lowest BCUT2D eigenvalue weighted by Crippen LogP contribution is -2.46. The van der Waals surface area contributed by atoms with E-state index in [1.165, 1.54) is 29.5 Å². The topological polar surface area (TPSA) is 106 Å². The SMILES string of the molecule is CC(C)N1C(=O)NCC1c1ccc(N2CCNCC2c2ccc(OCC3OCC(Cn4cncn4)(c4ccc(F)cc4F)O3)cc2)cc1. The van der Waals surface area contributed by atoms with Crippen molar-refractivity contribution in [3.8, 4) is 5.75 Å². The number of rotatable bonds is 10. The highest BCUT2D eigenvalue weighted by atomic mass is 19.1. The van der Waals surface area contributed by atoms with Crippen LogP contribution in [0.4, 0.5) is 19.3 Å². The van der Waals surface area contributed by atoms with Crippen LogP contribution in [-0.4, -0.2) is 77.4 Å². The molecule has 3 aliphatic rings. The molecule has 7 rings (SSSR count). The van der Waals surface area contributed by atoms with Gasteiger partial charge in [-0.15, -0.1) is 0 Å². The molecule has 4 unspecified atom stereocenters. The molecule has 48 heavy (non-hydrogen) atoms. The number of nitrogens with zero attached hydrogens (tertiary/aromatic N) is 5. The first-order valence-electron chi connectivity index (χ1n) is 16.2. The average molecular weight is 660 g/mol. The van der Waals surface area contributed by atoms with Crippen LogP contribution in [0.5, 0.6) is 5.75 Å². The third-order valence-electron chi connectivity index (χ3n) is 9.24. The molecule has 4 heterocycles. The Morgan fingerprint density at radius 3 is 2.52 bits per heavy atom. The van der Waals surface area contributed by atoms with Gasteiger partial charge in [-0.1, -0.05) is 30.3 Å². The number of nitrogens with one attached hydrogen (secondary N) is 2. The second kappa shape index (κ2) is 13.5. The van der Waals surface area contributed by atoms with Crippen molar-refractivity contribution in [2.45, 2.75) is 50.4 Å². The fourth-order valence-corrected chi connectivity index (χ4v) is 6.91. The first-order chi connectivity index (χ1) is 23.3. The van der Waals surface area contributed by atoms with Gasteiger partial charge in [0.25, 0.3) is 0 Å². The molecular formula is C35H39F2N7O4. The summed E-state index contributed by atoms with van der Waals surface area (Å²) in [6.07, 6.45) is 2.10. The first kappa shape index (κ1) is 32.0. The van der Waals surface area contributed by atoms with Crippen LogP contribution in [0.25, 0.3) is 0 Å². The van der Waals surface area contributed by atoms with E-state index < -0.39 is 23.5 Å². The number of anilines is 1. The molecule has 2 N–H and O–H groups in total. The van der Waals surface area contributed by atoms with Crippen molar-refractivity contribution < 1.29 is 27.8 Å². The van der Waals surface area contributed by atoms with E-state index in [0.29, 0.717) is 12.3 Å². The van der Waals surface area contributed by atoms with Crippen LogP contribution in [-0.2, 0) is 21.6 Å². The largest absolute Gasteiger partial charge is 0.488 e. The zero-order valence-electron chi connectivity index (χ0n) is 26.9. The maximum Gasteiger partial charge on any atom is 0.318 e. The van der Waals surface area contributed by atoms with E-state index >= 15 is 0 Å². The molecule has 11 nitrogen and oxygen atoms in total. The van der Waals surface area contributed by atoms with Crippen molar-refractivity contribution in [2.75, 3.05) is 44.3 Å². The number of carbonyl (C=O) groups excluding carboxylic acids is 1. The van der Waals surface area contributed by atoms with Crippen LogP contribution < -0.4 is 20.3 Å². The third-order valence-corrected chi connectivity index (χ3v) is 9.24. The zero-order valence-corrected chi connectivity index (χ0v) is 26.9. The van der Waals surface area contributed by atoms with Gasteiger partial charge >= 0.3 is 6.03 Å². The third kappa shape index (κ3) is 6.45. The first-order valence-corrected chi connectivity index (χ1v) is 16.2. The average Bonchev–Trinajstić information content (AvgIpc) is 3.85. The number of hydrogen-bond donors (Lipinski definition) is 2. The Morgan fingerprint density at radius 1 is 1.02 bits per heavy atom. The van der Waals surface area contributed by atoms with E-state index in [1.807, 2.05) is 30.9 Å².